The molecule has 0 atom stereocenters. The van der Waals surface area contributed by atoms with Crippen LogP contribution in [0.2, 0.25) is 5.02 Å². The number of pyridine rings is 2. The highest BCUT2D eigenvalue weighted by molar-refractivity contribution is 6.30. The zero-order chi connectivity index (χ0) is 14.7. The molecular weight excluding hydrogens is 286 g/mol. The lowest BCUT2D eigenvalue weighted by molar-refractivity contribution is 0.0946. The van der Waals surface area contributed by atoms with Gasteiger partial charge in [0, 0.05) is 23.2 Å². The molecule has 0 aliphatic heterocycles. The third-order valence-corrected chi connectivity index (χ3v) is 3.31. The van der Waals surface area contributed by atoms with E-state index in [0.717, 1.165) is 10.9 Å². The Labute approximate surface area is 126 Å². The summed E-state index contributed by atoms with van der Waals surface area (Å²) in [5.74, 6) is -0.225. The molecule has 0 spiro atoms. The van der Waals surface area contributed by atoms with Gasteiger partial charge < -0.3 is 5.32 Å². The zero-order valence-electron chi connectivity index (χ0n) is 11.1. The molecule has 3 rings (SSSR count). The predicted molar refractivity (Wildman–Crippen MR) is 82.2 cm³/mol. The van der Waals surface area contributed by atoms with Gasteiger partial charge in [-0.15, -0.1) is 0 Å². The fraction of sp³-hybridized carbons (Fsp3) is 0.0625. The summed E-state index contributed by atoms with van der Waals surface area (Å²) in [6, 6.07) is 14.6. The van der Waals surface area contributed by atoms with Gasteiger partial charge in [-0.05, 0) is 42.0 Å². The van der Waals surface area contributed by atoms with Crippen molar-refractivity contribution in [2.75, 3.05) is 0 Å². The van der Waals surface area contributed by atoms with Gasteiger partial charge in [-0.2, -0.15) is 0 Å². The van der Waals surface area contributed by atoms with Gasteiger partial charge in [0.15, 0.2) is 5.65 Å². The number of hydrogen-bond donors (Lipinski definition) is 1. The van der Waals surface area contributed by atoms with Crippen LogP contribution in [0, 0.1) is 0 Å². The molecule has 0 bridgehead atoms. The summed E-state index contributed by atoms with van der Waals surface area (Å²) in [6.07, 6.45) is 1.66. The Balaban J connectivity index is 1.73. The van der Waals surface area contributed by atoms with Gasteiger partial charge in [-0.3, -0.25) is 4.79 Å². The van der Waals surface area contributed by atoms with Gasteiger partial charge in [0.1, 0.15) is 5.69 Å². The molecule has 0 radical (unpaired) electrons. The van der Waals surface area contributed by atoms with Crippen molar-refractivity contribution in [1.29, 1.82) is 0 Å². The zero-order valence-corrected chi connectivity index (χ0v) is 11.8. The van der Waals surface area contributed by atoms with Crippen LogP contribution in [0.25, 0.3) is 11.0 Å². The van der Waals surface area contributed by atoms with Crippen molar-refractivity contribution < 1.29 is 4.79 Å². The number of fused-ring (bicyclic) bond motifs is 1. The van der Waals surface area contributed by atoms with Crippen LogP contribution in [-0.4, -0.2) is 15.9 Å². The van der Waals surface area contributed by atoms with E-state index in [1.54, 1.807) is 24.4 Å². The SMILES string of the molecule is O=C(NCc1ccc(Cl)cc1)c1ccc2cccnc2n1. The molecule has 0 saturated carbocycles. The van der Waals surface area contributed by atoms with Gasteiger partial charge in [0.2, 0.25) is 0 Å². The monoisotopic (exact) mass is 297 g/mol. The summed E-state index contributed by atoms with van der Waals surface area (Å²) in [4.78, 5) is 20.5. The highest BCUT2D eigenvalue weighted by Crippen LogP contribution is 2.11. The van der Waals surface area contributed by atoms with Crippen LogP contribution >= 0.6 is 11.6 Å². The highest BCUT2D eigenvalue weighted by atomic mass is 35.5. The van der Waals surface area contributed by atoms with Crippen molar-refractivity contribution in [3.8, 4) is 0 Å². The molecule has 21 heavy (non-hydrogen) atoms. The van der Waals surface area contributed by atoms with Crippen LogP contribution in [0.3, 0.4) is 0 Å². The third-order valence-electron chi connectivity index (χ3n) is 3.06. The van der Waals surface area contributed by atoms with Gasteiger partial charge in [-0.1, -0.05) is 23.7 Å². The average molecular weight is 298 g/mol. The van der Waals surface area contributed by atoms with Crippen LogP contribution in [0.15, 0.2) is 54.7 Å². The number of carbonyl (C=O) groups is 1. The van der Waals surface area contributed by atoms with Crippen molar-refractivity contribution >= 4 is 28.5 Å². The molecule has 1 amide bonds. The predicted octanol–water partition coefficient (Wildman–Crippen LogP) is 3.21. The minimum Gasteiger partial charge on any atom is -0.347 e. The van der Waals surface area contributed by atoms with Crippen LogP contribution in [-0.2, 0) is 6.54 Å². The maximum atomic E-state index is 12.1. The van der Waals surface area contributed by atoms with Crippen molar-refractivity contribution in [3.05, 3.63) is 71.0 Å². The Morgan fingerprint density at radius 1 is 1.10 bits per heavy atom. The first-order valence-corrected chi connectivity index (χ1v) is 6.84. The van der Waals surface area contributed by atoms with E-state index in [2.05, 4.69) is 15.3 Å². The molecule has 4 nitrogen and oxygen atoms in total. The highest BCUT2D eigenvalue weighted by Gasteiger charge is 2.08. The van der Waals surface area contributed by atoms with E-state index in [-0.39, 0.29) is 5.91 Å². The van der Waals surface area contributed by atoms with Gasteiger partial charge in [0.25, 0.3) is 5.91 Å². The first-order valence-electron chi connectivity index (χ1n) is 6.47. The average Bonchev–Trinajstić information content (AvgIpc) is 2.53. The molecule has 2 heterocycles. The van der Waals surface area contributed by atoms with E-state index >= 15 is 0 Å². The van der Waals surface area contributed by atoms with Gasteiger partial charge >= 0.3 is 0 Å². The number of halogens is 1. The number of rotatable bonds is 3. The first kappa shape index (κ1) is 13.5. The quantitative estimate of drug-likeness (QED) is 0.807. The number of amides is 1. The molecule has 104 valence electrons. The van der Waals surface area contributed by atoms with Crippen LogP contribution in [0.5, 0.6) is 0 Å². The number of nitrogens with one attached hydrogen (secondary N) is 1. The lowest BCUT2D eigenvalue weighted by Gasteiger charge is -2.05. The van der Waals surface area contributed by atoms with Gasteiger partial charge in [0.05, 0.1) is 0 Å². The lowest BCUT2D eigenvalue weighted by atomic mass is 10.2. The minimum absolute atomic E-state index is 0.225. The van der Waals surface area contributed by atoms with Crippen molar-refractivity contribution in [3.63, 3.8) is 0 Å². The van der Waals surface area contributed by atoms with Gasteiger partial charge in [-0.25, -0.2) is 9.97 Å². The van der Waals surface area contributed by atoms with E-state index < -0.39 is 0 Å². The second-order valence-corrected chi connectivity index (χ2v) is 4.99. The summed E-state index contributed by atoms with van der Waals surface area (Å²) in [7, 11) is 0. The summed E-state index contributed by atoms with van der Waals surface area (Å²) < 4.78 is 0. The smallest absolute Gasteiger partial charge is 0.270 e. The molecule has 2 aromatic heterocycles. The van der Waals surface area contributed by atoms with Crippen LogP contribution in [0.4, 0.5) is 0 Å². The fourth-order valence-corrected chi connectivity index (χ4v) is 2.08. The summed E-state index contributed by atoms with van der Waals surface area (Å²) in [5, 5.41) is 4.41. The largest absolute Gasteiger partial charge is 0.347 e. The van der Waals surface area contributed by atoms with E-state index in [1.165, 1.54) is 0 Å². The van der Waals surface area contributed by atoms with Crippen LogP contribution < -0.4 is 5.32 Å². The molecule has 0 aliphatic carbocycles. The Hall–Kier alpha value is -2.46. The number of carbonyl (C=O) groups excluding carboxylic acids is 1. The maximum absolute atomic E-state index is 12.1. The number of hydrogen-bond acceptors (Lipinski definition) is 3. The number of benzene rings is 1. The van der Waals surface area contributed by atoms with E-state index in [9.17, 15) is 4.79 Å². The Bertz CT molecular complexity index is 787. The van der Waals surface area contributed by atoms with Crippen molar-refractivity contribution in [2.24, 2.45) is 0 Å². The molecule has 3 aromatic rings. The summed E-state index contributed by atoms with van der Waals surface area (Å²) in [5.41, 5.74) is 1.90. The molecule has 0 saturated heterocycles. The molecule has 0 unspecified atom stereocenters. The van der Waals surface area contributed by atoms with Crippen molar-refractivity contribution in [1.82, 2.24) is 15.3 Å². The molecule has 1 aromatic carbocycles. The second kappa shape index (κ2) is 5.89. The fourth-order valence-electron chi connectivity index (χ4n) is 1.95. The van der Waals surface area contributed by atoms with Crippen LogP contribution in [0.1, 0.15) is 16.1 Å². The molecular formula is C16H12ClN3O. The molecule has 0 aliphatic rings. The Morgan fingerprint density at radius 3 is 2.71 bits per heavy atom. The Morgan fingerprint density at radius 2 is 1.90 bits per heavy atom. The standard InChI is InChI=1S/C16H12ClN3O/c17-13-6-3-11(4-7-13)10-19-16(21)14-8-5-12-2-1-9-18-15(12)20-14/h1-9H,10H2,(H,19,21). The lowest BCUT2D eigenvalue weighted by Crippen LogP contribution is -2.23. The summed E-state index contributed by atoms with van der Waals surface area (Å²) >= 11 is 5.82. The second-order valence-electron chi connectivity index (χ2n) is 4.56. The summed E-state index contributed by atoms with van der Waals surface area (Å²) in [6.45, 7) is 0.429. The number of nitrogens with zero attached hydrogens (tertiary/aromatic N) is 2. The molecule has 0 fully saturated rings. The minimum atomic E-state index is -0.225. The van der Waals surface area contributed by atoms with Crippen molar-refractivity contribution in [2.45, 2.75) is 6.54 Å². The number of aromatic nitrogens is 2. The van der Waals surface area contributed by atoms with E-state index in [4.69, 9.17) is 11.6 Å². The Kier molecular flexibility index (Phi) is 3.79. The maximum Gasteiger partial charge on any atom is 0.270 e. The topological polar surface area (TPSA) is 54.9 Å². The first-order chi connectivity index (χ1) is 10.2. The normalized spacial score (nSPS) is 10.5. The van der Waals surface area contributed by atoms with E-state index in [0.29, 0.717) is 22.9 Å². The van der Waals surface area contributed by atoms with E-state index in [1.807, 2.05) is 30.3 Å². The third kappa shape index (κ3) is 3.17. The molecule has 5 heteroatoms. The molecule has 1 N–H and O–H groups in total.